The third-order valence-corrected chi connectivity index (χ3v) is 5.73. The average molecular weight is 402 g/mol. The van der Waals surface area contributed by atoms with E-state index in [1.54, 1.807) is 0 Å². The molecule has 8 nitrogen and oxygen atoms in total. The SMILES string of the molecule is CC(=O)c1c(C)[nH]c(C(=O)C(C)N2CCN(Cc3nc(C(C)C)no3)CC2)c1C. The fourth-order valence-electron chi connectivity index (χ4n) is 3.97. The number of aromatic nitrogens is 3. The summed E-state index contributed by atoms with van der Waals surface area (Å²) in [5.74, 6) is 1.64. The van der Waals surface area contributed by atoms with Crippen LogP contribution in [0.15, 0.2) is 4.52 Å². The number of ketones is 2. The van der Waals surface area contributed by atoms with Crippen LogP contribution < -0.4 is 0 Å². The predicted molar refractivity (Wildman–Crippen MR) is 109 cm³/mol. The minimum atomic E-state index is -0.246. The number of H-pyrrole nitrogens is 1. The molecule has 1 saturated heterocycles. The second-order valence-electron chi connectivity index (χ2n) is 8.23. The van der Waals surface area contributed by atoms with Gasteiger partial charge in [0.25, 0.3) is 0 Å². The topological polar surface area (TPSA) is 95.3 Å². The van der Waals surface area contributed by atoms with Gasteiger partial charge in [-0.2, -0.15) is 4.98 Å². The molecule has 158 valence electrons. The molecule has 3 heterocycles. The number of nitrogens with one attached hydrogen (secondary N) is 1. The molecule has 1 atom stereocenters. The van der Waals surface area contributed by atoms with Crippen LogP contribution in [0.1, 0.15) is 77.4 Å². The van der Waals surface area contributed by atoms with Crippen LogP contribution in [0, 0.1) is 13.8 Å². The maximum Gasteiger partial charge on any atom is 0.240 e. The van der Waals surface area contributed by atoms with Crippen molar-refractivity contribution in [1.82, 2.24) is 24.9 Å². The standard InChI is InChI=1S/C21H31N5O3/c1-12(2)21-23-17(29-24-21)11-25-7-9-26(10-8-25)15(5)20(28)19-13(3)18(16(6)27)14(4)22-19/h12,15,22H,7-11H2,1-6H3. The summed E-state index contributed by atoms with van der Waals surface area (Å²) in [5.41, 5.74) is 2.69. The lowest BCUT2D eigenvalue weighted by Gasteiger charge is -2.36. The summed E-state index contributed by atoms with van der Waals surface area (Å²) in [5, 5.41) is 4.02. The van der Waals surface area contributed by atoms with Gasteiger partial charge >= 0.3 is 0 Å². The number of Topliss-reactive ketones (excluding diaryl/α,β-unsaturated/α-hetero) is 2. The second-order valence-corrected chi connectivity index (χ2v) is 8.23. The van der Waals surface area contributed by atoms with Gasteiger partial charge in [0, 0.05) is 43.4 Å². The van der Waals surface area contributed by atoms with Gasteiger partial charge in [-0.05, 0) is 33.3 Å². The number of carbonyl (C=O) groups excluding carboxylic acids is 2. The van der Waals surface area contributed by atoms with Crippen LogP contribution in [0.25, 0.3) is 0 Å². The van der Waals surface area contributed by atoms with Gasteiger partial charge in [-0.1, -0.05) is 19.0 Å². The predicted octanol–water partition coefficient (Wildman–Crippen LogP) is 2.73. The van der Waals surface area contributed by atoms with Gasteiger partial charge in [0.2, 0.25) is 5.89 Å². The normalized spacial score (nSPS) is 17.1. The number of rotatable bonds is 7. The fraction of sp³-hybridized carbons (Fsp3) is 0.619. The van der Waals surface area contributed by atoms with Crippen LogP contribution in [-0.2, 0) is 6.54 Å². The molecule has 0 amide bonds. The Bertz CT molecular complexity index is 890. The summed E-state index contributed by atoms with van der Waals surface area (Å²) in [6.45, 7) is 15.1. The Labute approximate surface area is 171 Å². The lowest BCUT2D eigenvalue weighted by atomic mass is 10.0. The second kappa shape index (κ2) is 8.59. The summed E-state index contributed by atoms with van der Waals surface area (Å²) >= 11 is 0. The number of carbonyl (C=O) groups is 2. The van der Waals surface area contributed by atoms with E-state index in [-0.39, 0.29) is 23.5 Å². The van der Waals surface area contributed by atoms with Crippen LogP contribution in [0.5, 0.6) is 0 Å². The number of aromatic amines is 1. The molecule has 29 heavy (non-hydrogen) atoms. The number of aryl methyl sites for hydroxylation is 1. The van der Waals surface area contributed by atoms with Crippen molar-refractivity contribution in [3.8, 4) is 0 Å². The quantitative estimate of drug-likeness (QED) is 0.713. The van der Waals surface area contributed by atoms with E-state index >= 15 is 0 Å². The van der Waals surface area contributed by atoms with Crippen molar-refractivity contribution in [3.05, 3.63) is 34.2 Å². The van der Waals surface area contributed by atoms with Crippen LogP contribution in [0.3, 0.4) is 0 Å². The number of nitrogens with zero attached hydrogens (tertiary/aromatic N) is 4. The molecule has 1 fully saturated rings. The van der Waals surface area contributed by atoms with Crippen LogP contribution in [0.4, 0.5) is 0 Å². The molecular weight excluding hydrogens is 370 g/mol. The highest BCUT2D eigenvalue weighted by molar-refractivity contribution is 6.05. The van der Waals surface area contributed by atoms with Crippen molar-refractivity contribution >= 4 is 11.6 Å². The Morgan fingerprint density at radius 1 is 1.14 bits per heavy atom. The zero-order valence-corrected chi connectivity index (χ0v) is 18.2. The number of hydrogen-bond acceptors (Lipinski definition) is 7. The molecule has 1 aliphatic heterocycles. The Morgan fingerprint density at radius 2 is 1.79 bits per heavy atom. The van der Waals surface area contributed by atoms with Gasteiger partial charge in [-0.15, -0.1) is 0 Å². The highest BCUT2D eigenvalue weighted by Crippen LogP contribution is 2.22. The van der Waals surface area contributed by atoms with E-state index in [4.69, 9.17) is 4.52 Å². The monoisotopic (exact) mass is 401 g/mol. The third-order valence-electron chi connectivity index (χ3n) is 5.73. The first-order chi connectivity index (χ1) is 13.7. The molecule has 3 rings (SSSR count). The summed E-state index contributed by atoms with van der Waals surface area (Å²) < 4.78 is 5.34. The summed E-state index contributed by atoms with van der Waals surface area (Å²) in [7, 11) is 0. The molecule has 0 aliphatic carbocycles. The van der Waals surface area contributed by atoms with Gasteiger partial charge in [0.1, 0.15) is 0 Å². The van der Waals surface area contributed by atoms with Gasteiger partial charge < -0.3 is 9.51 Å². The maximum atomic E-state index is 13.1. The number of hydrogen-bond donors (Lipinski definition) is 1. The van der Waals surface area contributed by atoms with Crippen molar-refractivity contribution in [3.63, 3.8) is 0 Å². The lowest BCUT2D eigenvalue weighted by molar-refractivity contribution is 0.0661. The van der Waals surface area contributed by atoms with E-state index in [0.717, 1.165) is 43.3 Å². The van der Waals surface area contributed by atoms with Crippen molar-refractivity contribution in [2.75, 3.05) is 26.2 Å². The van der Waals surface area contributed by atoms with Gasteiger partial charge in [0.05, 0.1) is 18.3 Å². The van der Waals surface area contributed by atoms with Crippen molar-refractivity contribution in [2.24, 2.45) is 0 Å². The van der Waals surface area contributed by atoms with E-state index in [2.05, 4.69) is 24.9 Å². The first kappa shape index (κ1) is 21.4. The highest BCUT2D eigenvalue weighted by atomic mass is 16.5. The van der Waals surface area contributed by atoms with Crippen molar-refractivity contribution in [1.29, 1.82) is 0 Å². The van der Waals surface area contributed by atoms with Gasteiger partial charge in [-0.3, -0.25) is 19.4 Å². The molecule has 1 unspecified atom stereocenters. The summed E-state index contributed by atoms with van der Waals surface area (Å²) in [4.78, 5) is 36.9. The molecule has 0 spiro atoms. The Hall–Kier alpha value is -2.32. The molecular formula is C21H31N5O3. The first-order valence-corrected chi connectivity index (χ1v) is 10.2. The minimum Gasteiger partial charge on any atom is -0.355 e. The Morgan fingerprint density at radius 3 is 2.31 bits per heavy atom. The molecule has 0 saturated carbocycles. The average Bonchev–Trinajstić information content (AvgIpc) is 3.25. The molecule has 0 aromatic carbocycles. The number of piperazine rings is 1. The molecule has 8 heteroatoms. The van der Waals surface area contributed by atoms with Crippen LogP contribution >= 0.6 is 0 Å². The molecule has 1 aliphatic rings. The van der Waals surface area contributed by atoms with E-state index in [9.17, 15) is 9.59 Å². The van der Waals surface area contributed by atoms with Crippen molar-refractivity contribution in [2.45, 2.75) is 60.0 Å². The first-order valence-electron chi connectivity index (χ1n) is 10.2. The Balaban J connectivity index is 1.59. The molecule has 2 aromatic rings. The Kier molecular flexibility index (Phi) is 6.33. The smallest absolute Gasteiger partial charge is 0.240 e. The summed E-state index contributed by atoms with van der Waals surface area (Å²) in [6.07, 6.45) is 0. The summed E-state index contributed by atoms with van der Waals surface area (Å²) in [6, 6.07) is -0.246. The molecule has 0 bridgehead atoms. The van der Waals surface area contributed by atoms with E-state index in [1.165, 1.54) is 6.92 Å². The van der Waals surface area contributed by atoms with E-state index in [1.807, 2.05) is 34.6 Å². The van der Waals surface area contributed by atoms with Gasteiger partial charge in [0.15, 0.2) is 17.4 Å². The zero-order valence-electron chi connectivity index (χ0n) is 18.2. The minimum absolute atomic E-state index is 0.0155. The largest absolute Gasteiger partial charge is 0.355 e. The lowest BCUT2D eigenvalue weighted by Crippen LogP contribution is -2.51. The fourth-order valence-corrected chi connectivity index (χ4v) is 3.97. The zero-order chi connectivity index (χ0) is 21.3. The molecule has 0 radical (unpaired) electrons. The van der Waals surface area contributed by atoms with Crippen LogP contribution in [-0.4, -0.2) is 68.7 Å². The molecule has 1 N–H and O–H groups in total. The maximum absolute atomic E-state index is 13.1. The van der Waals surface area contributed by atoms with E-state index in [0.29, 0.717) is 23.7 Å². The van der Waals surface area contributed by atoms with E-state index < -0.39 is 0 Å². The van der Waals surface area contributed by atoms with Gasteiger partial charge in [-0.25, -0.2) is 0 Å². The molecule has 2 aromatic heterocycles. The van der Waals surface area contributed by atoms with Crippen LogP contribution in [0.2, 0.25) is 0 Å². The van der Waals surface area contributed by atoms with Crippen molar-refractivity contribution < 1.29 is 14.1 Å². The highest BCUT2D eigenvalue weighted by Gasteiger charge is 2.30. The third kappa shape index (κ3) is 4.48.